The fourth-order valence-electron chi connectivity index (χ4n) is 5.34. The third-order valence-electron chi connectivity index (χ3n) is 7.32. The summed E-state index contributed by atoms with van der Waals surface area (Å²) in [6.07, 6.45) is 1.75. The van der Waals surface area contributed by atoms with Crippen molar-refractivity contribution in [2.75, 3.05) is 45.1 Å². The summed E-state index contributed by atoms with van der Waals surface area (Å²) in [4.78, 5) is 54.8. The number of amides is 2. The summed E-state index contributed by atoms with van der Waals surface area (Å²) in [6, 6.07) is 6.57. The lowest BCUT2D eigenvalue weighted by atomic mass is 9.95. The van der Waals surface area contributed by atoms with Crippen LogP contribution in [0.4, 0.5) is 10.8 Å². The van der Waals surface area contributed by atoms with Gasteiger partial charge < -0.3 is 34.9 Å². The molecule has 2 amide bonds. The van der Waals surface area contributed by atoms with Crippen LogP contribution < -0.4 is 35.6 Å². The van der Waals surface area contributed by atoms with Crippen LogP contribution >= 0.6 is 11.3 Å². The van der Waals surface area contributed by atoms with Crippen LogP contribution in [0.5, 0.6) is 17.2 Å². The van der Waals surface area contributed by atoms with Gasteiger partial charge in [0.15, 0.2) is 16.6 Å². The molecule has 1 aromatic heterocycles. The van der Waals surface area contributed by atoms with Gasteiger partial charge >= 0.3 is 5.97 Å². The SMILES string of the molecule is CCOC(=O)c1sc(NC(=O)CCCNc2ccc3c(cc2=O)[C@@H](NC(C)=O)CCc2cc(OC)c(OC)c(OC)c2-3)nc1C. The fourth-order valence-corrected chi connectivity index (χ4v) is 6.22. The van der Waals surface area contributed by atoms with Crippen LogP contribution in [0.3, 0.4) is 0 Å². The molecule has 13 heteroatoms. The second kappa shape index (κ2) is 14.9. The van der Waals surface area contributed by atoms with Crippen LogP contribution in [0, 0.1) is 6.92 Å². The molecule has 1 atom stereocenters. The number of ether oxygens (including phenoxy) is 4. The Morgan fingerprint density at radius 2 is 1.82 bits per heavy atom. The van der Waals surface area contributed by atoms with Crippen molar-refractivity contribution in [1.82, 2.24) is 10.3 Å². The topological polar surface area (TPSA) is 154 Å². The summed E-state index contributed by atoms with van der Waals surface area (Å²) in [5.41, 5.74) is 3.66. The van der Waals surface area contributed by atoms with E-state index in [2.05, 4.69) is 20.9 Å². The van der Waals surface area contributed by atoms with Gasteiger partial charge in [-0.2, -0.15) is 0 Å². The number of aromatic nitrogens is 1. The second-order valence-electron chi connectivity index (χ2n) is 10.3. The van der Waals surface area contributed by atoms with E-state index in [0.717, 1.165) is 28.0 Å². The van der Waals surface area contributed by atoms with E-state index in [-0.39, 0.29) is 30.3 Å². The number of hydrogen-bond acceptors (Lipinski definition) is 11. The molecule has 1 aliphatic rings. The number of nitrogens with one attached hydrogen (secondary N) is 3. The van der Waals surface area contributed by atoms with Crippen molar-refractivity contribution >= 4 is 39.9 Å². The molecule has 4 rings (SSSR count). The van der Waals surface area contributed by atoms with Crippen molar-refractivity contribution < 1.29 is 33.3 Å². The third-order valence-corrected chi connectivity index (χ3v) is 8.37. The van der Waals surface area contributed by atoms with Gasteiger partial charge in [0.25, 0.3) is 0 Å². The molecule has 240 valence electrons. The molecule has 0 saturated heterocycles. The Morgan fingerprint density at radius 1 is 1.07 bits per heavy atom. The predicted molar refractivity (Wildman–Crippen MR) is 172 cm³/mol. The Bertz CT molecular complexity index is 1660. The van der Waals surface area contributed by atoms with E-state index in [1.807, 2.05) is 12.1 Å². The van der Waals surface area contributed by atoms with Crippen LogP contribution in [0.25, 0.3) is 11.1 Å². The van der Waals surface area contributed by atoms with Crippen LogP contribution in [0.1, 0.15) is 65.6 Å². The number of carbonyl (C=O) groups excluding carboxylic acids is 3. The maximum absolute atomic E-state index is 13.5. The van der Waals surface area contributed by atoms with E-state index in [1.54, 1.807) is 40.2 Å². The highest BCUT2D eigenvalue weighted by Gasteiger charge is 2.29. The molecule has 45 heavy (non-hydrogen) atoms. The minimum absolute atomic E-state index is 0.167. The van der Waals surface area contributed by atoms with Gasteiger partial charge in [-0.1, -0.05) is 17.4 Å². The Morgan fingerprint density at radius 3 is 2.49 bits per heavy atom. The number of aryl methyl sites for hydroxylation is 2. The van der Waals surface area contributed by atoms with Crippen LogP contribution in [-0.2, 0) is 20.7 Å². The summed E-state index contributed by atoms with van der Waals surface area (Å²) in [5, 5.41) is 9.19. The van der Waals surface area contributed by atoms with E-state index in [9.17, 15) is 19.2 Å². The smallest absolute Gasteiger partial charge is 0.350 e. The van der Waals surface area contributed by atoms with Gasteiger partial charge in [0.2, 0.25) is 23.0 Å². The van der Waals surface area contributed by atoms with E-state index >= 15 is 0 Å². The average Bonchev–Trinajstić information content (AvgIpc) is 3.21. The standard InChI is InChI=1S/C32H38N4O8S/c1-7-44-31(40)30-17(2)34-32(45-30)36-26(39)9-8-14-33-23-13-11-20-21(16-24(23)38)22(35-18(3)37)12-10-19-15-25(41-4)28(42-5)29(43-6)27(19)20/h11,13,15-16,22H,7-10,12,14H2,1-6H3,(H,33,38)(H,35,37)(H,34,36,39)/t22-/m0/s1. The van der Waals surface area contributed by atoms with Crippen LogP contribution in [-0.4, -0.2) is 57.2 Å². The largest absolute Gasteiger partial charge is 0.493 e. The molecular weight excluding hydrogens is 600 g/mol. The van der Waals surface area contributed by atoms with E-state index in [4.69, 9.17) is 18.9 Å². The maximum Gasteiger partial charge on any atom is 0.350 e. The number of methoxy groups -OCH3 is 3. The van der Waals surface area contributed by atoms with Gasteiger partial charge in [-0.3, -0.25) is 14.4 Å². The number of esters is 1. The molecule has 0 spiro atoms. The van der Waals surface area contributed by atoms with Gasteiger partial charge in [-0.05, 0) is 68.0 Å². The lowest BCUT2D eigenvalue weighted by Gasteiger charge is -2.19. The van der Waals surface area contributed by atoms with E-state index < -0.39 is 12.0 Å². The molecular formula is C32H38N4O8S. The molecule has 3 N–H and O–H groups in total. The minimum Gasteiger partial charge on any atom is -0.493 e. The molecule has 0 bridgehead atoms. The number of rotatable bonds is 12. The van der Waals surface area contributed by atoms with Gasteiger partial charge in [-0.25, -0.2) is 9.78 Å². The van der Waals surface area contributed by atoms with Gasteiger partial charge in [0, 0.05) is 25.5 Å². The van der Waals surface area contributed by atoms with Crippen LogP contribution in [0.15, 0.2) is 29.1 Å². The quantitative estimate of drug-likeness (QED) is 0.189. The minimum atomic E-state index is -0.469. The molecule has 0 fully saturated rings. The number of anilines is 2. The van der Waals surface area contributed by atoms with Crippen molar-refractivity contribution in [3.05, 3.63) is 56.2 Å². The first-order chi connectivity index (χ1) is 21.6. The first kappa shape index (κ1) is 33.2. The monoisotopic (exact) mass is 638 g/mol. The van der Waals surface area contributed by atoms with Gasteiger partial charge in [0.05, 0.1) is 45.4 Å². The lowest BCUT2D eigenvalue weighted by Crippen LogP contribution is -2.26. The van der Waals surface area contributed by atoms with Gasteiger partial charge in [-0.15, -0.1) is 0 Å². The normalized spacial score (nSPS) is 13.4. The summed E-state index contributed by atoms with van der Waals surface area (Å²) >= 11 is 1.07. The van der Waals surface area contributed by atoms with Crippen LogP contribution in [0.2, 0.25) is 0 Å². The molecule has 0 radical (unpaired) electrons. The summed E-state index contributed by atoms with van der Waals surface area (Å²) in [5.74, 6) is 0.481. The Labute approximate surface area is 265 Å². The van der Waals surface area contributed by atoms with Gasteiger partial charge in [0.1, 0.15) is 4.88 Å². The lowest BCUT2D eigenvalue weighted by molar-refractivity contribution is -0.119. The van der Waals surface area contributed by atoms with Crippen molar-refractivity contribution in [2.45, 2.75) is 52.5 Å². The number of nitrogens with zero attached hydrogens (tertiary/aromatic N) is 1. The maximum atomic E-state index is 13.5. The number of hydrogen-bond donors (Lipinski definition) is 3. The fraction of sp³-hybridized carbons (Fsp3) is 0.406. The Kier molecular flexibility index (Phi) is 11.0. The molecule has 2 aromatic carbocycles. The number of benzene rings is 1. The first-order valence-electron chi connectivity index (χ1n) is 14.6. The first-order valence-corrected chi connectivity index (χ1v) is 15.4. The molecule has 0 unspecified atom stereocenters. The van der Waals surface area contributed by atoms with E-state index in [0.29, 0.717) is 70.0 Å². The summed E-state index contributed by atoms with van der Waals surface area (Å²) < 4.78 is 22.1. The second-order valence-corrected chi connectivity index (χ2v) is 11.3. The number of carbonyl (C=O) groups is 3. The highest BCUT2D eigenvalue weighted by atomic mass is 32.1. The van der Waals surface area contributed by atoms with Crippen molar-refractivity contribution in [1.29, 1.82) is 0 Å². The molecule has 3 aromatic rings. The predicted octanol–water partition coefficient (Wildman–Crippen LogP) is 4.64. The molecule has 12 nitrogen and oxygen atoms in total. The summed E-state index contributed by atoms with van der Waals surface area (Å²) in [7, 11) is 4.64. The Balaban J connectivity index is 1.56. The molecule has 1 aliphatic carbocycles. The zero-order chi connectivity index (χ0) is 32.7. The molecule has 1 heterocycles. The zero-order valence-corrected chi connectivity index (χ0v) is 27.1. The van der Waals surface area contributed by atoms with Crippen molar-refractivity contribution in [2.24, 2.45) is 0 Å². The number of thiazole rings is 1. The number of fused-ring (bicyclic) bond motifs is 3. The zero-order valence-electron chi connectivity index (χ0n) is 26.3. The van der Waals surface area contributed by atoms with Crippen molar-refractivity contribution in [3.8, 4) is 28.4 Å². The van der Waals surface area contributed by atoms with E-state index in [1.165, 1.54) is 14.0 Å². The average molecular weight is 639 g/mol. The Hall–Kier alpha value is -4.65. The van der Waals surface area contributed by atoms with Crippen molar-refractivity contribution in [3.63, 3.8) is 0 Å². The highest BCUT2D eigenvalue weighted by Crippen LogP contribution is 2.50. The molecule has 0 aliphatic heterocycles. The highest BCUT2D eigenvalue weighted by molar-refractivity contribution is 7.17. The third kappa shape index (κ3) is 7.54. The molecule has 0 saturated carbocycles. The summed E-state index contributed by atoms with van der Waals surface area (Å²) in [6.45, 7) is 5.45.